The van der Waals surface area contributed by atoms with Crippen molar-refractivity contribution in [2.24, 2.45) is 0 Å². The number of aryl methyl sites for hydroxylation is 1. The third-order valence-corrected chi connectivity index (χ3v) is 3.54. The van der Waals surface area contributed by atoms with E-state index in [1.807, 2.05) is 19.1 Å². The Hall–Kier alpha value is -1.36. The molecule has 2 rings (SSSR count). The van der Waals surface area contributed by atoms with Crippen molar-refractivity contribution in [1.82, 2.24) is 5.32 Å². The van der Waals surface area contributed by atoms with Gasteiger partial charge >= 0.3 is 5.97 Å². The molecule has 1 saturated carbocycles. The van der Waals surface area contributed by atoms with Crippen LogP contribution in [0.4, 0.5) is 0 Å². The number of nitrogens with one attached hydrogen (secondary N) is 1. The zero-order valence-corrected chi connectivity index (χ0v) is 10.9. The zero-order chi connectivity index (χ0) is 12.6. The van der Waals surface area contributed by atoms with Gasteiger partial charge in [0, 0.05) is 4.47 Å². The van der Waals surface area contributed by atoms with Gasteiger partial charge in [-0.05, 0) is 53.4 Å². The summed E-state index contributed by atoms with van der Waals surface area (Å²) in [7, 11) is 0. The normalized spacial score (nSPS) is 16.4. The SMILES string of the molecule is Cc1ccc(C(=O)NC2(C(=O)O)CC2)c(Br)c1. The fraction of sp³-hybridized carbons (Fsp3) is 0.333. The standard InChI is InChI=1S/C12H12BrNO3/c1-7-2-3-8(9(13)6-7)10(15)14-12(4-5-12)11(16)17/h2-3,6H,4-5H2,1H3,(H,14,15)(H,16,17). The molecule has 0 aromatic heterocycles. The molecule has 5 heteroatoms. The largest absolute Gasteiger partial charge is 0.480 e. The van der Waals surface area contributed by atoms with Crippen LogP contribution in [0, 0.1) is 6.92 Å². The number of carboxylic acid groups (broad SMARTS) is 1. The zero-order valence-electron chi connectivity index (χ0n) is 9.29. The highest BCUT2D eigenvalue weighted by molar-refractivity contribution is 9.10. The molecule has 90 valence electrons. The summed E-state index contributed by atoms with van der Waals surface area (Å²) in [4.78, 5) is 22.9. The fourth-order valence-corrected chi connectivity index (χ4v) is 2.28. The van der Waals surface area contributed by atoms with Crippen LogP contribution < -0.4 is 5.32 Å². The maximum Gasteiger partial charge on any atom is 0.329 e. The number of rotatable bonds is 3. The molecule has 1 aromatic rings. The molecule has 0 saturated heterocycles. The van der Waals surface area contributed by atoms with E-state index in [1.165, 1.54) is 0 Å². The van der Waals surface area contributed by atoms with Gasteiger partial charge < -0.3 is 10.4 Å². The average Bonchev–Trinajstić information content (AvgIpc) is 2.98. The van der Waals surface area contributed by atoms with Crippen LogP contribution in [0.15, 0.2) is 22.7 Å². The molecule has 0 aliphatic heterocycles. The molecule has 1 aromatic carbocycles. The molecule has 0 spiro atoms. The van der Waals surface area contributed by atoms with Crippen LogP contribution in [0.1, 0.15) is 28.8 Å². The molecule has 2 N–H and O–H groups in total. The van der Waals surface area contributed by atoms with Crippen LogP contribution >= 0.6 is 15.9 Å². The molecular weight excluding hydrogens is 286 g/mol. The minimum absolute atomic E-state index is 0.350. The molecule has 0 atom stereocenters. The molecule has 1 aliphatic carbocycles. The van der Waals surface area contributed by atoms with Crippen LogP contribution in [0.25, 0.3) is 0 Å². The second kappa shape index (κ2) is 4.14. The van der Waals surface area contributed by atoms with Crippen LogP contribution in [-0.4, -0.2) is 22.5 Å². The van der Waals surface area contributed by atoms with Crippen molar-refractivity contribution in [3.8, 4) is 0 Å². The maximum absolute atomic E-state index is 11.9. The van der Waals surface area contributed by atoms with Crippen molar-refractivity contribution in [2.75, 3.05) is 0 Å². The molecular formula is C12H12BrNO3. The first kappa shape index (κ1) is 12.1. The molecule has 1 fully saturated rings. The van der Waals surface area contributed by atoms with E-state index in [2.05, 4.69) is 21.2 Å². The number of amides is 1. The topological polar surface area (TPSA) is 66.4 Å². The summed E-state index contributed by atoms with van der Waals surface area (Å²) in [6, 6.07) is 5.34. The molecule has 0 heterocycles. The van der Waals surface area contributed by atoms with Gasteiger partial charge in [-0.1, -0.05) is 6.07 Å². The molecule has 17 heavy (non-hydrogen) atoms. The summed E-state index contributed by atoms with van der Waals surface area (Å²) in [5.74, 6) is -1.31. The van der Waals surface area contributed by atoms with Crippen LogP contribution in [-0.2, 0) is 4.79 Å². The molecule has 0 bridgehead atoms. The minimum atomic E-state index is -1.04. The van der Waals surface area contributed by atoms with Gasteiger partial charge in [-0.3, -0.25) is 4.79 Å². The summed E-state index contributed by atoms with van der Waals surface area (Å²) in [6.45, 7) is 1.92. The monoisotopic (exact) mass is 297 g/mol. The number of carbonyl (C=O) groups is 2. The van der Waals surface area contributed by atoms with Crippen molar-refractivity contribution in [1.29, 1.82) is 0 Å². The highest BCUT2D eigenvalue weighted by Gasteiger charge is 2.51. The van der Waals surface area contributed by atoms with Crippen molar-refractivity contribution in [3.63, 3.8) is 0 Å². The van der Waals surface area contributed by atoms with Crippen molar-refractivity contribution in [3.05, 3.63) is 33.8 Å². The van der Waals surface area contributed by atoms with E-state index >= 15 is 0 Å². The predicted molar refractivity (Wildman–Crippen MR) is 65.9 cm³/mol. The van der Waals surface area contributed by atoms with Crippen LogP contribution in [0.3, 0.4) is 0 Å². The maximum atomic E-state index is 11.9. The summed E-state index contributed by atoms with van der Waals surface area (Å²) < 4.78 is 0.677. The quantitative estimate of drug-likeness (QED) is 0.898. The van der Waals surface area contributed by atoms with Gasteiger partial charge in [0.15, 0.2) is 0 Å². The highest BCUT2D eigenvalue weighted by atomic mass is 79.9. The number of halogens is 1. The van der Waals surface area contributed by atoms with Gasteiger partial charge in [-0.15, -0.1) is 0 Å². The first-order chi connectivity index (χ1) is 7.94. The van der Waals surface area contributed by atoms with E-state index in [1.54, 1.807) is 6.07 Å². The second-order valence-corrected chi connectivity index (χ2v) is 5.18. The second-order valence-electron chi connectivity index (χ2n) is 4.32. The highest BCUT2D eigenvalue weighted by Crippen LogP contribution is 2.36. The molecule has 1 amide bonds. The number of benzene rings is 1. The Labute approximate surface area is 107 Å². The van der Waals surface area contributed by atoms with Crippen LogP contribution in [0.5, 0.6) is 0 Å². The number of carbonyl (C=O) groups excluding carboxylic acids is 1. The van der Waals surface area contributed by atoms with Crippen LogP contribution in [0.2, 0.25) is 0 Å². The summed E-state index contributed by atoms with van der Waals surface area (Å²) in [6.07, 6.45) is 0.995. The Morgan fingerprint density at radius 3 is 2.53 bits per heavy atom. The fourth-order valence-electron chi connectivity index (χ4n) is 1.61. The number of carboxylic acids is 1. The third kappa shape index (κ3) is 2.34. The molecule has 0 unspecified atom stereocenters. The summed E-state index contributed by atoms with van der Waals surface area (Å²) in [5.41, 5.74) is 0.456. The lowest BCUT2D eigenvalue weighted by Crippen LogP contribution is -2.43. The predicted octanol–water partition coefficient (Wildman–Crippen LogP) is 2.10. The third-order valence-electron chi connectivity index (χ3n) is 2.88. The van der Waals surface area contributed by atoms with Gasteiger partial charge in [0.25, 0.3) is 5.91 Å². The summed E-state index contributed by atoms with van der Waals surface area (Å²) >= 11 is 3.30. The van der Waals surface area contributed by atoms with Gasteiger partial charge in [-0.25, -0.2) is 4.79 Å². The van der Waals surface area contributed by atoms with Gasteiger partial charge in [0.1, 0.15) is 5.54 Å². The molecule has 4 nitrogen and oxygen atoms in total. The van der Waals surface area contributed by atoms with Crippen molar-refractivity contribution in [2.45, 2.75) is 25.3 Å². The lowest BCUT2D eigenvalue weighted by atomic mass is 10.1. The molecule has 1 aliphatic rings. The lowest BCUT2D eigenvalue weighted by molar-refractivity contribution is -0.140. The van der Waals surface area contributed by atoms with Gasteiger partial charge in [-0.2, -0.15) is 0 Å². The Morgan fingerprint density at radius 1 is 1.41 bits per heavy atom. The van der Waals surface area contributed by atoms with Gasteiger partial charge in [0.05, 0.1) is 5.56 Å². The average molecular weight is 298 g/mol. The number of aliphatic carboxylic acids is 1. The first-order valence-corrected chi connectivity index (χ1v) is 6.06. The van der Waals surface area contributed by atoms with E-state index < -0.39 is 11.5 Å². The Morgan fingerprint density at radius 2 is 2.06 bits per heavy atom. The first-order valence-electron chi connectivity index (χ1n) is 5.27. The lowest BCUT2D eigenvalue weighted by Gasteiger charge is -2.13. The van der Waals surface area contributed by atoms with E-state index in [4.69, 9.17) is 5.11 Å². The van der Waals surface area contributed by atoms with E-state index in [0.717, 1.165) is 5.56 Å². The van der Waals surface area contributed by atoms with E-state index in [-0.39, 0.29) is 5.91 Å². The smallest absolute Gasteiger partial charge is 0.329 e. The van der Waals surface area contributed by atoms with E-state index in [0.29, 0.717) is 22.9 Å². The van der Waals surface area contributed by atoms with Crippen molar-refractivity contribution >= 4 is 27.8 Å². The Bertz CT molecular complexity index is 495. The Balaban J connectivity index is 2.18. The van der Waals surface area contributed by atoms with E-state index in [9.17, 15) is 9.59 Å². The number of hydrogen-bond donors (Lipinski definition) is 2. The summed E-state index contributed by atoms with van der Waals surface area (Å²) in [5, 5.41) is 11.6. The van der Waals surface area contributed by atoms with Crippen molar-refractivity contribution < 1.29 is 14.7 Å². The molecule has 0 radical (unpaired) electrons. The van der Waals surface area contributed by atoms with Gasteiger partial charge in [0.2, 0.25) is 0 Å². The Kier molecular flexibility index (Phi) is 2.95. The minimum Gasteiger partial charge on any atom is -0.480 e. The number of hydrogen-bond acceptors (Lipinski definition) is 2.